The number of anilines is 1. The van der Waals surface area contributed by atoms with E-state index in [9.17, 15) is 4.79 Å². The zero-order valence-corrected chi connectivity index (χ0v) is 11.4. The van der Waals surface area contributed by atoms with E-state index in [4.69, 9.17) is 5.73 Å². The standard InChI is InChI=1S/C13H20N6O/c14-6-9-3-1-2-4-10(9)7-15-11-5-12-17-18-13(20)19(12)8-16-11/h5,8-10,15H,1-4,6-7,14H2,(H,18,20). The largest absolute Gasteiger partial charge is 0.370 e. The first kappa shape index (κ1) is 13.1. The molecule has 2 unspecified atom stereocenters. The number of rotatable bonds is 4. The first-order valence-electron chi connectivity index (χ1n) is 7.14. The number of hydrogen-bond donors (Lipinski definition) is 3. The first-order chi connectivity index (χ1) is 9.78. The number of H-pyrrole nitrogens is 1. The summed E-state index contributed by atoms with van der Waals surface area (Å²) >= 11 is 0. The van der Waals surface area contributed by atoms with Gasteiger partial charge in [0.05, 0.1) is 0 Å². The van der Waals surface area contributed by atoms with Crippen LogP contribution < -0.4 is 16.7 Å². The Kier molecular flexibility index (Phi) is 3.68. The summed E-state index contributed by atoms with van der Waals surface area (Å²) in [5.41, 5.74) is 6.15. The van der Waals surface area contributed by atoms with E-state index in [0.717, 1.165) is 18.9 Å². The van der Waals surface area contributed by atoms with Crippen LogP contribution in [0.3, 0.4) is 0 Å². The van der Waals surface area contributed by atoms with Crippen LogP contribution in [-0.2, 0) is 0 Å². The van der Waals surface area contributed by atoms with Gasteiger partial charge in [-0.05, 0) is 31.2 Å². The molecule has 1 saturated carbocycles. The number of hydrogen-bond acceptors (Lipinski definition) is 5. The lowest BCUT2D eigenvalue weighted by Crippen LogP contribution is -2.31. The van der Waals surface area contributed by atoms with Crippen LogP contribution in [0.4, 0.5) is 5.82 Å². The van der Waals surface area contributed by atoms with Crippen molar-refractivity contribution < 1.29 is 0 Å². The molecule has 108 valence electrons. The van der Waals surface area contributed by atoms with Crippen molar-refractivity contribution in [3.8, 4) is 0 Å². The predicted molar refractivity (Wildman–Crippen MR) is 76.6 cm³/mol. The van der Waals surface area contributed by atoms with Gasteiger partial charge in [0, 0.05) is 12.6 Å². The van der Waals surface area contributed by atoms with E-state index >= 15 is 0 Å². The van der Waals surface area contributed by atoms with Crippen molar-refractivity contribution in [1.29, 1.82) is 0 Å². The molecule has 3 rings (SSSR count). The molecule has 0 radical (unpaired) electrons. The summed E-state index contributed by atoms with van der Waals surface area (Å²) in [6.07, 6.45) is 6.51. The van der Waals surface area contributed by atoms with Crippen LogP contribution in [0.15, 0.2) is 17.2 Å². The number of nitrogens with one attached hydrogen (secondary N) is 2. The highest BCUT2D eigenvalue weighted by Gasteiger charge is 2.23. The van der Waals surface area contributed by atoms with Crippen LogP contribution in [0, 0.1) is 11.8 Å². The molecule has 2 heterocycles. The molecular formula is C13H20N6O. The van der Waals surface area contributed by atoms with Gasteiger partial charge in [-0.3, -0.25) is 0 Å². The Balaban J connectivity index is 1.68. The molecular weight excluding hydrogens is 256 g/mol. The number of nitrogens with two attached hydrogens (primary N) is 1. The van der Waals surface area contributed by atoms with Gasteiger partial charge in [0.25, 0.3) is 0 Å². The lowest BCUT2D eigenvalue weighted by atomic mass is 9.79. The van der Waals surface area contributed by atoms with E-state index in [1.54, 1.807) is 6.07 Å². The molecule has 0 aromatic carbocycles. The van der Waals surface area contributed by atoms with Crippen molar-refractivity contribution in [2.45, 2.75) is 25.7 Å². The van der Waals surface area contributed by atoms with E-state index < -0.39 is 0 Å². The maximum atomic E-state index is 11.3. The topological polar surface area (TPSA) is 101 Å². The molecule has 0 amide bonds. The van der Waals surface area contributed by atoms with Crippen molar-refractivity contribution in [1.82, 2.24) is 19.6 Å². The molecule has 0 aliphatic heterocycles. The number of nitrogens with zero attached hydrogens (tertiary/aromatic N) is 3. The molecule has 4 N–H and O–H groups in total. The van der Waals surface area contributed by atoms with Crippen molar-refractivity contribution >= 4 is 11.5 Å². The Bertz CT molecular complexity index is 633. The highest BCUT2D eigenvalue weighted by Crippen LogP contribution is 2.29. The summed E-state index contributed by atoms with van der Waals surface area (Å²) in [5, 5.41) is 9.67. The van der Waals surface area contributed by atoms with Gasteiger partial charge in [-0.2, -0.15) is 5.10 Å². The molecule has 2 atom stereocenters. The quantitative estimate of drug-likeness (QED) is 0.759. The lowest BCUT2D eigenvalue weighted by Gasteiger charge is -2.30. The normalized spacial score (nSPS) is 23.1. The minimum atomic E-state index is -0.269. The van der Waals surface area contributed by atoms with Crippen molar-refractivity contribution in [2.75, 3.05) is 18.4 Å². The molecule has 1 aliphatic carbocycles. The summed E-state index contributed by atoms with van der Waals surface area (Å²) in [7, 11) is 0. The maximum absolute atomic E-state index is 11.3. The van der Waals surface area contributed by atoms with Crippen LogP contribution in [0.5, 0.6) is 0 Å². The monoisotopic (exact) mass is 276 g/mol. The van der Waals surface area contributed by atoms with Crippen LogP contribution >= 0.6 is 0 Å². The summed E-state index contributed by atoms with van der Waals surface area (Å²) in [6, 6.07) is 1.78. The average molecular weight is 276 g/mol. The fourth-order valence-electron chi connectivity index (χ4n) is 3.01. The van der Waals surface area contributed by atoms with Crippen molar-refractivity contribution in [3.05, 3.63) is 22.9 Å². The molecule has 0 bridgehead atoms. The van der Waals surface area contributed by atoms with Crippen LogP contribution in [0.25, 0.3) is 5.65 Å². The fraction of sp³-hybridized carbons (Fsp3) is 0.615. The number of aromatic amines is 1. The smallest absolute Gasteiger partial charge is 0.348 e. The first-order valence-corrected chi connectivity index (χ1v) is 7.14. The molecule has 0 saturated heterocycles. The van der Waals surface area contributed by atoms with Crippen LogP contribution in [-0.4, -0.2) is 32.7 Å². The van der Waals surface area contributed by atoms with E-state index in [0.29, 0.717) is 17.5 Å². The predicted octanol–water partition coefficient (Wildman–Crippen LogP) is 0.595. The molecule has 0 spiro atoms. The highest BCUT2D eigenvalue weighted by atomic mass is 16.1. The molecule has 2 aromatic heterocycles. The van der Waals surface area contributed by atoms with Gasteiger partial charge in [0.2, 0.25) is 0 Å². The second-order valence-electron chi connectivity index (χ2n) is 5.45. The minimum absolute atomic E-state index is 0.269. The molecule has 1 aliphatic rings. The highest BCUT2D eigenvalue weighted by molar-refractivity contribution is 5.48. The van der Waals surface area contributed by atoms with Gasteiger partial charge >= 0.3 is 5.69 Å². The minimum Gasteiger partial charge on any atom is -0.370 e. The number of aromatic nitrogens is 4. The molecule has 7 heteroatoms. The van der Waals surface area contributed by atoms with Gasteiger partial charge in [-0.25, -0.2) is 19.3 Å². The maximum Gasteiger partial charge on any atom is 0.348 e. The second-order valence-corrected chi connectivity index (χ2v) is 5.45. The zero-order chi connectivity index (χ0) is 13.9. The SMILES string of the molecule is NCC1CCCCC1CNc1cc2n[nH]c(=O)n2cn1. The van der Waals surface area contributed by atoms with Gasteiger partial charge in [0.15, 0.2) is 5.65 Å². The molecule has 20 heavy (non-hydrogen) atoms. The Morgan fingerprint density at radius 3 is 3.00 bits per heavy atom. The third-order valence-electron chi connectivity index (χ3n) is 4.22. The summed E-state index contributed by atoms with van der Waals surface area (Å²) in [4.78, 5) is 15.6. The van der Waals surface area contributed by atoms with Crippen LogP contribution in [0.1, 0.15) is 25.7 Å². The van der Waals surface area contributed by atoms with Gasteiger partial charge < -0.3 is 11.1 Å². The van der Waals surface area contributed by atoms with Crippen molar-refractivity contribution in [3.63, 3.8) is 0 Å². The number of fused-ring (bicyclic) bond motifs is 1. The van der Waals surface area contributed by atoms with Gasteiger partial charge in [-0.1, -0.05) is 12.8 Å². The molecule has 7 nitrogen and oxygen atoms in total. The van der Waals surface area contributed by atoms with E-state index in [1.165, 1.54) is 36.4 Å². The zero-order valence-electron chi connectivity index (χ0n) is 11.4. The average Bonchev–Trinajstić information content (AvgIpc) is 2.86. The van der Waals surface area contributed by atoms with E-state index in [1.807, 2.05) is 0 Å². The van der Waals surface area contributed by atoms with Crippen molar-refractivity contribution in [2.24, 2.45) is 17.6 Å². The summed E-state index contributed by atoms with van der Waals surface area (Å²) in [5.74, 6) is 1.96. The summed E-state index contributed by atoms with van der Waals surface area (Å²) in [6.45, 7) is 1.63. The Labute approximate surface area is 116 Å². The summed E-state index contributed by atoms with van der Waals surface area (Å²) < 4.78 is 1.38. The Morgan fingerprint density at radius 1 is 1.40 bits per heavy atom. The van der Waals surface area contributed by atoms with E-state index in [-0.39, 0.29) is 5.69 Å². The molecule has 2 aromatic rings. The van der Waals surface area contributed by atoms with Gasteiger partial charge in [0.1, 0.15) is 12.1 Å². The third-order valence-corrected chi connectivity index (χ3v) is 4.22. The van der Waals surface area contributed by atoms with Gasteiger partial charge in [-0.15, -0.1) is 0 Å². The van der Waals surface area contributed by atoms with Crippen LogP contribution in [0.2, 0.25) is 0 Å². The third kappa shape index (κ3) is 2.53. The van der Waals surface area contributed by atoms with E-state index in [2.05, 4.69) is 20.5 Å². The molecule has 1 fully saturated rings. The Morgan fingerprint density at radius 2 is 2.20 bits per heavy atom. The second kappa shape index (κ2) is 5.62. The lowest BCUT2D eigenvalue weighted by molar-refractivity contribution is 0.255. The fourth-order valence-corrected chi connectivity index (χ4v) is 3.01. The Hall–Kier alpha value is -1.89.